The van der Waals surface area contributed by atoms with Gasteiger partial charge < -0.3 is 10.1 Å². The van der Waals surface area contributed by atoms with Crippen LogP contribution in [0.15, 0.2) is 36.4 Å². The number of halogens is 4. The van der Waals surface area contributed by atoms with Crippen molar-refractivity contribution >= 4 is 11.0 Å². The number of aromatic amines is 1. The minimum absolute atomic E-state index is 0.155. The van der Waals surface area contributed by atoms with Gasteiger partial charge in [-0.1, -0.05) is 12.1 Å². The van der Waals surface area contributed by atoms with E-state index in [1.165, 1.54) is 0 Å². The molecule has 0 saturated carbocycles. The predicted molar refractivity (Wildman–Crippen MR) is 68.2 cm³/mol. The van der Waals surface area contributed by atoms with Crippen LogP contribution in [0.4, 0.5) is 17.6 Å². The number of phenols is 1. The molecule has 3 nitrogen and oxygen atoms in total. The van der Waals surface area contributed by atoms with Gasteiger partial charge in [0.15, 0.2) is 0 Å². The first-order valence-corrected chi connectivity index (χ1v) is 5.91. The van der Waals surface area contributed by atoms with Gasteiger partial charge in [-0.25, -0.2) is 9.37 Å². The summed E-state index contributed by atoms with van der Waals surface area (Å²) >= 11 is 0. The number of benzene rings is 2. The van der Waals surface area contributed by atoms with Gasteiger partial charge in [-0.05, 0) is 24.3 Å². The number of fused-ring (bicyclic) bond motifs is 1. The van der Waals surface area contributed by atoms with Gasteiger partial charge >= 0.3 is 6.18 Å². The summed E-state index contributed by atoms with van der Waals surface area (Å²) in [6.07, 6.45) is -4.78. The second-order valence-corrected chi connectivity index (χ2v) is 4.42. The third kappa shape index (κ3) is 2.20. The summed E-state index contributed by atoms with van der Waals surface area (Å²) in [7, 11) is 0. The minimum Gasteiger partial charge on any atom is -0.506 e. The van der Waals surface area contributed by atoms with Crippen molar-refractivity contribution < 1.29 is 22.7 Å². The fraction of sp³-hybridized carbons (Fsp3) is 0.0714. The zero-order valence-electron chi connectivity index (χ0n) is 10.4. The summed E-state index contributed by atoms with van der Waals surface area (Å²) in [4.78, 5) is 6.70. The van der Waals surface area contributed by atoms with Crippen molar-refractivity contribution in [3.63, 3.8) is 0 Å². The molecular formula is C14H8F4N2O. The highest BCUT2D eigenvalue weighted by Gasteiger charge is 2.36. The van der Waals surface area contributed by atoms with Crippen LogP contribution in [-0.4, -0.2) is 15.1 Å². The van der Waals surface area contributed by atoms with Gasteiger partial charge in [0.2, 0.25) is 0 Å². The van der Waals surface area contributed by atoms with Crippen LogP contribution in [0.2, 0.25) is 0 Å². The molecule has 0 aliphatic carbocycles. The average molecular weight is 296 g/mol. The number of para-hydroxylation sites is 2. The van der Waals surface area contributed by atoms with Gasteiger partial charge in [0.25, 0.3) is 0 Å². The van der Waals surface area contributed by atoms with Crippen LogP contribution in [0.3, 0.4) is 0 Å². The first kappa shape index (κ1) is 13.4. The standard InChI is InChI=1S/C14H8F4N2O/c15-8-6-5-7(14(16,17)18)12(21)11(8)13-19-9-3-1-2-4-10(9)20-13/h1-6,21H,(H,19,20). The molecule has 108 valence electrons. The Bertz CT molecular complexity index is 790. The van der Waals surface area contributed by atoms with E-state index < -0.39 is 28.9 Å². The van der Waals surface area contributed by atoms with Crippen LogP contribution in [-0.2, 0) is 6.18 Å². The number of alkyl halides is 3. The minimum atomic E-state index is -4.78. The van der Waals surface area contributed by atoms with Crippen molar-refractivity contribution in [2.24, 2.45) is 0 Å². The predicted octanol–water partition coefficient (Wildman–Crippen LogP) is 4.09. The van der Waals surface area contributed by atoms with E-state index in [4.69, 9.17) is 0 Å². The lowest BCUT2D eigenvalue weighted by atomic mass is 10.1. The number of nitrogens with one attached hydrogen (secondary N) is 1. The van der Waals surface area contributed by atoms with E-state index in [0.717, 1.165) is 0 Å². The highest BCUT2D eigenvalue weighted by molar-refractivity contribution is 5.81. The quantitative estimate of drug-likeness (QED) is 0.664. The van der Waals surface area contributed by atoms with Crippen LogP contribution >= 0.6 is 0 Å². The zero-order valence-corrected chi connectivity index (χ0v) is 10.4. The molecule has 0 atom stereocenters. The molecule has 0 bridgehead atoms. The lowest BCUT2D eigenvalue weighted by Crippen LogP contribution is -2.06. The van der Waals surface area contributed by atoms with Crippen molar-refractivity contribution in [1.29, 1.82) is 0 Å². The Morgan fingerprint density at radius 3 is 2.43 bits per heavy atom. The molecule has 0 fully saturated rings. The summed E-state index contributed by atoms with van der Waals surface area (Å²) in [5.41, 5.74) is -0.909. The molecular weight excluding hydrogens is 288 g/mol. The molecule has 7 heteroatoms. The number of hydrogen-bond acceptors (Lipinski definition) is 2. The molecule has 0 aliphatic rings. The summed E-state index contributed by atoms with van der Waals surface area (Å²) in [5.74, 6) is -2.32. The van der Waals surface area contributed by atoms with E-state index in [0.29, 0.717) is 23.2 Å². The SMILES string of the molecule is Oc1c(C(F)(F)F)ccc(F)c1-c1nc2ccccc2[nH]1. The third-order valence-corrected chi connectivity index (χ3v) is 3.06. The number of imidazole rings is 1. The first-order valence-electron chi connectivity index (χ1n) is 5.91. The van der Waals surface area contributed by atoms with E-state index in [2.05, 4.69) is 9.97 Å². The number of hydrogen-bond donors (Lipinski definition) is 2. The molecule has 2 N–H and O–H groups in total. The molecule has 1 heterocycles. The molecule has 0 radical (unpaired) electrons. The Hall–Kier alpha value is -2.57. The summed E-state index contributed by atoms with van der Waals surface area (Å²) < 4.78 is 52.1. The number of aromatic hydroxyl groups is 1. The molecule has 3 aromatic rings. The Kier molecular flexibility index (Phi) is 2.86. The number of phenolic OH excluding ortho intramolecular Hbond substituents is 1. The van der Waals surface area contributed by atoms with Crippen LogP contribution in [0.5, 0.6) is 5.75 Å². The first-order chi connectivity index (χ1) is 9.88. The smallest absolute Gasteiger partial charge is 0.419 e. The van der Waals surface area contributed by atoms with Gasteiger partial charge in [0.05, 0.1) is 22.2 Å². The van der Waals surface area contributed by atoms with E-state index in [-0.39, 0.29) is 5.82 Å². The number of H-pyrrole nitrogens is 1. The van der Waals surface area contributed by atoms with E-state index >= 15 is 0 Å². The second-order valence-electron chi connectivity index (χ2n) is 4.42. The second kappa shape index (κ2) is 4.47. The zero-order chi connectivity index (χ0) is 15.2. The number of aromatic nitrogens is 2. The maximum atomic E-state index is 13.8. The molecule has 3 rings (SSSR count). The Labute approximate surface area is 115 Å². The molecule has 1 aromatic heterocycles. The fourth-order valence-corrected chi connectivity index (χ4v) is 2.09. The van der Waals surface area contributed by atoms with E-state index in [1.54, 1.807) is 24.3 Å². The van der Waals surface area contributed by atoms with Crippen LogP contribution < -0.4 is 0 Å². The lowest BCUT2D eigenvalue weighted by molar-refractivity contribution is -0.138. The summed E-state index contributed by atoms with van der Waals surface area (Å²) in [5, 5.41) is 9.76. The third-order valence-electron chi connectivity index (χ3n) is 3.06. The number of nitrogens with zero attached hydrogens (tertiary/aromatic N) is 1. The van der Waals surface area contributed by atoms with Gasteiger partial charge in [-0.3, -0.25) is 0 Å². The Morgan fingerprint density at radius 1 is 1.05 bits per heavy atom. The van der Waals surface area contributed by atoms with Gasteiger partial charge in [-0.2, -0.15) is 13.2 Å². The molecule has 2 aromatic carbocycles. The monoisotopic (exact) mass is 296 g/mol. The largest absolute Gasteiger partial charge is 0.506 e. The molecule has 0 saturated heterocycles. The molecule has 0 spiro atoms. The van der Waals surface area contributed by atoms with Crippen molar-refractivity contribution in [1.82, 2.24) is 9.97 Å². The highest BCUT2D eigenvalue weighted by atomic mass is 19.4. The highest BCUT2D eigenvalue weighted by Crippen LogP contribution is 2.42. The lowest BCUT2D eigenvalue weighted by Gasteiger charge is -2.11. The van der Waals surface area contributed by atoms with Gasteiger partial charge in [0.1, 0.15) is 17.4 Å². The maximum Gasteiger partial charge on any atom is 0.419 e. The van der Waals surface area contributed by atoms with Crippen LogP contribution in [0, 0.1) is 5.82 Å². The fourth-order valence-electron chi connectivity index (χ4n) is 2.09. The van der Waals surface area contributed by atoms with Crippen molar-refractivity contribution in [3.8, 4) is 17.1 Å². The van der Waals surface area contributed by atoms with Gasteiger partial charge in [-0.15, -0.1) is 0 Å². The van der Waals surface area contributed by atoms with Crippen molar-refractivity contribution in [2.75, 3.05) is 0 Å². The molecule has 0 aliphatic heterocycles. The maximum absolute atomic E-state index is 13.8. The van der Waals surface area contributed by atoms with Crippen molar-refractivity contribution in [3.05, 3.63) is 47.8 Å². The van der Waals surface area contributed by atoms with Crippen molar-refractivity contribution in [2.45, 2.75) is 6.18 Å². The molecule has 0 unspecified atom stereocenters. The van der Waals surface area contributed by atoms with Crippen LogP contribution in [0.25, 0.3) is 22.4 Å². The normalized spacial score (nSPS) is 12.0. The molecule has 0 amide bonds. The van der Waals surface area contributed by atoms with Gasteiger partial charge in [0, 0.05) is 0 Å². The summed E-state index contributed by atoms with van der Waals surface area (Å²) in [6, 6.07) is 7.82. The average Bonchev–Trinajstić information content (AvgIpc) is 2.80. The number of rotatable bonds is 1. The van der Waals surface area contributed by atoms with E-state index in [1.807, 2.05) is 0 Å². The van der Waals surface area contributed by atoms with Crippen LogP contribution in [0.1, 0.15) is 5.56 Å². The topological polar surface area (TPSA) is 48.9 Å². The Morgan fingerprint density at radius 2 is 1.76 bits per heavy atom. The van der Waals surface area contributed by atoms with E-state index in [9.17, 15) is 22.7 Å². The summed E-state index contributed by atoms with van der Waals surface area (Å²) in [6.45, 7) is 0. The Balaban J connectivity index is 2.26. The molecule has 21 heavy (non-hydrogen) atoms.